The molecule has 0 aliphatic rings. The Kier molecular flexibility index (Phi) is 5.20. The molecular weight excluding hydrogens is 267 g/mol. The number of benzene rings is 1. The Morgan fingerprint density at radius 1 is 1.25 bits per heavy atom. The SMILES string of the molecule is CC(C)CC(C)N(C)c1ccc(C=O)c(C(F)(F)F)c1. The van der Waals surface area contributed by atoms with Crippen molar-refractivity contribution in [3.63, 3.8) is 0 Å². The molecule has 0 N–H and O–H groups in total. The fourth-order valence-electron chi connectivity index (χ4n) is 2.21. The Morgan fingerprint density at radius 2 is 1.85 bits per heavy atom. The van der Waals surface area contributed by atoms with Gasteiger partial charge in [0.25, 0.3) is 0 Å². The van der Waals surface area contributed by atoms with Gasteiger partial charge < -0.3 is 4.90 Å². The first kappa shape index (κ1) is 16.5. The summed E-state index contributed by atoms with van der Waals surface area (Å²) in [4.78, 5) is 12.5. The van der Waals surface area contributed by atoms with Crippen LogP contribution in [0.15, 0.2) is 18.2 Å². The number of anilines is 1. The van der Waals surface area contributed by atoms with Gasteiger partial charge in [0.05, 0.1) is 5.56 Å². The van der Waals surface area contributed by atoms with E-state index in [9.17, 15) is 18.0 Å². The number of alkyl halides is 3. The quantitative estimate of drug-likeness (QED) is 0.749. The minimum Gasteiger partial charge on any atom is -0.372 e. The van der Waals surface area contributed by atoms with E-state index < -0.39 is 11.7 Å². The Hall–Kier alpha value is -1.52. The highest BCUT2D eigenvalue weighted by atomic mass is 19.4. The van der Waals surface area contributed by atoms with Crippen molar-refractivity contribution in [1.29, 1.82) is 0 Å². The van der Waals surface area contributed by atoms with Gasteiger partial charge in [-0.15, -0.1) is 0 Å². The smallest absolute Gasteiger partial charge is 0.372 e. The van der Waals surface area contributed by atoms with Gasteiger partial charge in [0.1, 0.15) is 0 Å². The van der Waals surface area contributed by atoms with Crippen LogP contribution in [0, 0.1) is 5.92 Å². The molecule has 0 fully saturated rings. The minimum atomic E-state index is -4.52. The summed E-state index contributed by atoms with van der Waals surface area (Å²) in [6.07, 6.45) is -3.40. The molecule has 5 heteroatoms. The second kappa shape index (κ2) is 6.29. The molecule has 0 radical (unpaired) electrons. The van der Waals surface area contributed by atoms with Gasteiger partial charge in [-0.2, -0.15) is 13.2 Å². The molecule has 0 heterocycles. The number of carbonyl (C=O) groups excluding carboxylic acids is 1. The molecule has 1 atom stereocenters. The third kappa shape index (κ3) is 3.99. The fourth-order valence-corrected chi connectivity index (χ4v) is 2.21. The molecule has 0 aliphatic heterocycles. The lowest BCUT2D eigenvalue weighted by Gasteiger charge is -2.29. The van der Waals surface area contributed by atoms with Gasteiger partial charge in [-0.25, -0.2) is 0 Å². The van der Waals surface area contributed by atoms with E-state index in [0.29, 0.717) is 11.6 Å². The third-order valence-electron chi connectivity index (χ3n) is 3.35. The Morgan fingerprint density at radius 3 is 2.30 bits per heavy atom. The van der Waals surface area contributed by atoms with E-state index in [1.807, 2.05) is 11.8 Å². The van der Waals surface area contributed by atoms with E-state index in [4.69, 9.17) is 0 Å². The maximum atomic E-state index is 12.9. The number of aldehydes is 1. The highest BCUT2D eigenvalue weighted by Gasteiger charge is 2.34. The molecule has 0 saturated heterocycles. The lowest BCUT2D eigenvalue weighted by molar-refractivity contribution is -0.137. The van der Waals surface area contributed by atoms with Crippen molar-refractivity contribution < 1.29 is 18.0 Å². The third-order valence-corrected chi connectivity index (χ3v) is 3.35. The lowest BCUT2D eigenvalue weighted by atomic mass is 10.0. The first-order valence-electron chi connectivity index (χ1n) is 6.56. The Labute approximate surface area is 117 Å². The van der Waals surface area contributed by atoms with E-state index in [1.54, 1.807) is 13.1 Å². The van der Waals surface area contributed by atoms with Gasteiger partial charge in [-0.1, -0.05) is 13.8 Å². The summed E-state index contributed by atoms with van der Waals surface area (Å²) < 4.78 is 38.7. The van der Waals surface area contributed by atoms with Crippen molar-refractivity contribution in [3.05, 3.63) is 29.3 Å². The molecule has 0 saturated carbocycles. The van der Waals surface area contributed by atoms with Crippen LogP contribution in [0.5, 0.6) is 0 Å². The van der Waals surface area contributed by atoms with Crippen LogP contribution in [0.25, 0.3) is 0 Å². The summed E-state index contributed by atoms with van der Waals surface area (Å²) in [5.41, 5.74) is -0.740. The summed E-state index contributed by atoms with van der Waals surface area (Å²) >= 11 is 0. The summed E-state index contributed by atoms with van der Waals surface area (Å²) in [5, 5.41) is 0. The van der Waals surface area contributed by atoms with Crippen LogP contribution in [0.1, 0.15) is 43.1 Å². The van der Waals surface area contributed by atoms with Crippen LogP contribution < -0.4 is 4.90 Å². The van der Waals surface area contributed by atoms with Gasteiger partial charge >= 0.3 is 6.18 Å². The van der Waals surface area contributed by atoms with Crippen LogP contribution >= 0.6 is 0 Å². The number of hydrogen-bond acceptors (Lipinski definition) is 2. The predicted molar refractivity (Wildman–Crippen MR) is 74.2 cm³/mol. The van der Waals surface area contributed by atoms with Crippen molar-refractivity contribution in [2.24, 2.45) is 5.92 Å². The molecule has 0 aliphatic carbocycles. The summed E-state index contributed by atoms with van der Waals surface area (Å²) in [7, 11) is 1.77. The zero-order chi connectivity index (χ0) is 15.5. The maximum Gasteiger partial charge on any atom is 0.417 e. The topological polar surface area (TPSA) is 20.3 Å². The average Bonchev–Trinajstić information content (AvgIpc) is 2.35. The van der Waals surface area contributed by atoms with Crippen molar-refractivity contribution in [1.82, 2.24) is 0 Å². The van der Waals surface area contributed by atoms with Gasteiger partial charge in [0.15, 0.2) is 6.29 Å². The first-order valence-corrected chi connectivity index (χ1v) is 6.56. The maximum absolute atomic E-state index is 12.9. The van der Waals surface area contributed by atoms with Crippen LogP contribution in [0.3, 0.4) is 0 Å². The van der Waals surface area contributed by atoms with E-state index in [-0.39, 0.29) is 17.9 Å². The van der Waals surface area contributed by atoms with Gasteiger partial charge in [0.2, 0.25) is 0 Å². The molecule has 0 spiro atoms. The molecule has 1 aromatic carbocycles. The number of nitrogens with zero attached hydrogens (tertiary/aromatic N) is 1. The zero-order valence-electron chi connectivity index (χ0n) is 12.2. The summed E-state index contributed by atoms with van der Waals surface area (Å²) in [5.74, 6) is 0.462. The van der Waals surface area contributed by atoms with Crippen LogP contribution in [-0.4, -0.2) is 19.4 Å². The Bertz CT molecular complexity index is 469. The van der Waals surface area contributed by atoms with E-state index in [2.05, 4.69) is 13.8 Å². The summed E-state index contributed by atoms with van der Waals surface area (Å²) in [6, 6.07) is 3.94. The standard InChI is InChI=1S/C15H20F3NO/c1-10(2)7-11(3)19(4)13-6-5-12(9-20)14(8-13)15(16,17)18/h5-6,8-11H,7H2,1-4H3. The fraction of sp³-hybridized carbons (Fsp3) is 0.533. The van der Waals surface area contributed by atoms with Crippen LogP contribution in [0.2, 0.25) is 0 Å². The normalized spacial score (nSPS) is 13.4. The largest absolute Gasteiger partial charge is 0.417 e. The molecule has 20 heavy (non-hydrogen) atoms. The molecule has 1 unspecified atom stereocenters. The van der Waals surface area contributed by atoms with E-state index >= 15 is 0 Å². The minimum absolute atomic E-state index is 0.123. The molecule has 0 amide bonds. The van der Waals surface area contributed by atoms with Crippen LogP contribution in [0.4, 0.5) is 18.9 Å². The molecule has 1 aromatic rings. The molecule has 0 bridgehead atoms. The lowest BCUT2D eigenvalue weighted by Crippen LogP contribution is -2.30. The molecule has 2 nitrogen and oxygen atoms in total. The van der Waals surface area contributed by atoms with Gasteiger partial charge in [0, 0.05) is 24.3 Å². The van der Waals surface area contributed by atoms with Gasteiger partial charge in [-0.05, 0) is 37.5 Å². The first-order chi connectivity index (χ1) is 9.16. The number of rotatable bonds is 5. The van der Waals surface area contributed by atoms with E-state index in [1.165, 1.54) is 6.07 Å². The van der Waals surface area contributed by atoms with Crippen LogP contribution in [-0.2, 0) is 6.18 Å². The van der Waals surface area contributed by atoms with Crippen molar-refractivity contribution in [2.75, 3.05) is 11.9 Å². The number of hydrogen-bond donors (Lipinski definition) is 0. The molecular formula is C15H20F3NO. The monoisotopic (exact) mass is 287 g/mol. The second-order valence-electron chi connectivity index (χ2n) is 5.48. The molecule has 0 aromatic heterocycles. The van der Waals surface area contributed by atoms with Crippen molar-refractivity contribution in [2.45, 2.75) is 39.4 Å². The second-order valence-corrected chi connectivity index (χ2v) is 5.48. The molecule has 1 rings (SSSR count). The summed E-state index contributed by atoms with van der Waals surface area (Å²) in [6.45, 7) is 6.11. The number of carbonyl (C=O) groups is 1. The van der Waals surface area contributed by atoms with Crippen molar-refractivity contribution in [3.8, 4) is 0 Å². The highest BCUT2D eigenvalue weighted by molar-refractivity contribution is 5.79. The Balaban J connectivity index is 3.11. The van der Waals surface area contributed by atoms with Crippen molar-refractivity contribution >= 4 is 12.0 Å². The average molecular weight is 287 g/mol. The molecule has 112 valence electrons. The van der Waals surface area contributed by atoms with Gasteiger partial charge in [-0.3, -0.25) is 4.79 Å². The van der Waals surface area contributed by atoms with E-state index in [0.717, 1.165) is 12.5 Å². The highest BCUT2D eigenvalue weighted by Crippen LogP contribution is 2.34. The zero-order valence-corrected chi connectivity index (χ0v) is 12.2. The number of halogens is 3. The predicted octanol–water partition coefficient (Wildman–Crippen LogP) is 4.39.